The number of hydrogen-bond acceptors (Lipinski definition) is 1. The van der Waals surface area contributed by atoms with Crippen LogP contribution in [0.15, 0.2) is 24.5 Å². The van der Waals surface area contributed by atoms with Crippen LogP contribution in [0, 0.1) is 17.6 Å². The average Bonchev–Trinajstić information content (AvgIpc) is 2.42. The van der Waals surface area contributed by atoms with E-state index in [1.165, 1.54) is 12.3 Å². The van der Waals surface area contributed by atoms with E-state index in [1.807, 2.05) is 0 Å². The van der Waals surface area contributed by atoms with E-state index in [1.54, 1.807) is 19.1 Å². The van der Waals surface area contributed by atoms with Crippen LogP contribution in [0.3, 0.4) is 0 Å². The molecule has 0 unspecified atom stereocenters. The topological polar surface area (TPSA) is 9.23 Å². The first-order chi connectivity index (χ1) is 9.13. The Morgan fingerprint density at radius 2 is 1.79 bits per heavy atom. The van der Waals surface area contributed by atoms with Crippen LogP contribution in [0.1, 0.15) is 51.0 Å². The van der Waals surface area contributed by atoms with Gasteiger partial charge >= 0.3 is 0 Å². The summed E-state index contributed by atoms with van der Waals surface area (Å²) >= 11 is 0. The largest absolute Gasteiger partial charge is 0.462 e. The van der Waals surface area contributed by atoms with Gasteiger partial charge in [-0.15, -0.1) is 0 Å². The third-order valence-corrected chi connectivity index (χ3v) is 3.86. The summed E-state index contributed by atoms with van der Waals surface area (Å²) in [6.07, 6.45) is 7.03. The maximum atomic E-state index is 14.1. The second kappa shape index (κ2) is 6.18. The highest BCUT2D eigenvalue weighted by atomic mass is 19.2. The fourth-order valence-corrected chi connectivity index (χ4v) is 2.67. The first kappa shape index (κ1) is 14.0. The summed E-state index contributed by atoms with van der Waals surface area (Å²) in [7, 11) is 0. The lowest BCUT2D eigenvalue weighted by Crippen LogP contribution is -2.13. The number of halogens is 2. The van der Waals surface area contributed by atoms with E-state index in [2.05, 4.69) is 6.92 Å². The number of allylic oxidation sites excluding steroid dienone is 1. The molecule has 0 amide bonds. The van der Waals surface area contributed by atoms with Gasteiger partial charge in [0.15, 0.2) is 11.6 Å². The SMILES string of the molecule is C/C=C/Oc1ccc(C2CCC(C)CC2)c(F)c1F. The molecule has 3 heteroatoms. The van der Waals surface area contributed by atoms with E-state index in [9.17, 15) is 8.78 Å². The van der Waals surface area contributed by atoms with E-state index < -0.39 is 11.6 Å². The highest BCUT2D eigenvalue weighted by molar-refractivity contribution is 5.33. The molecule has 1 aliphatic carbocycles. The minimum Gasteiger partial charge on any atom is -0.462 e. The molecule has 0 heterocycles. The summed E-state index contributed by atoms with van der Waals surface area (Å²) in [6.45, 7) is 3.97. The van der Waals surface area contributed by atoms with Crippen molar-refractivity contribution in [1.82, 2.24) is 0 Å². The number of ether oxygens (including phenoxy) is 1. The standard InChI is InChI=1S/C16H20F2O/c1-3-10-19-14-9-8-13(15(17)16(14)18)12-6-4-11(2)5-7-12/h3,8-12H,4-7H2,1-2H3/b10-3+. The van der Waals surface area contributed by atoms with Crippen molar-refractivity contribution in [2.45, 2.75) is 45.4 Å². The Morgan fingerprint density at radius 3 is 2.42 bits per heavy atom. The summed E-state index contributed by atoms with van der Waals surface area (Å²) in [4.78, 5) is 0. The smallest absolute Gasteiger partial charge is 0.201 e. The van der Waals surface area contributed by atoms with Crippen molar-refractivity contribution in [1.29, 1.82) is 0 Å². The van der Waals surface area contributed by atoms with Gasteiger partial charge in [0, 0.05) is 0 Å². The number of rotatable bonds is 3. The second-order valence-electron chi connectivity index (χ2n) is 5.32. The van der Waals surface area contributed by atoms with Crippen LogP contribution in [0.5, 0.6) is 5.75 Å². The van der Waals surface area contributed by atoms with Crippen molar-refractivity contribution < 1.29 is 13.5 Å². The monoisotopic (exact) mass is 266 g/mol. The fraction of sp³-hybridized carbons (Fsp3) is 0.500. The highest BCUT2D eigenvalue weighted by Crippen LogP contribution is 2.38. The molecule has 0 saturated heterocycles. The van der Waals surface area contributed by atoms with Gasteiger partial charge in [0.1, 0.15) is 0 Å². The molecule has 0 spiro atoms. The molecule has 1 aliphatic rings. The maximum absolute atomic E-state index is 14.1. The van der Waals surface area contributed by atoms with Crippen LogP contribution in [-0.2, 0) is 0 Å². The van der Waals surface area contributed by atoms with Crippen molar-refractivity contribution in [2.75, 3.05) is 0 Å². The zero-order valence-electron chi connectivity index (χ0n) is 11.5. The Hall–Kier alpha value is -1.38. The van der Waals surface area contributed by atoms with Crippen molar-refractivity contribution in [3.05, 3.63) is 41.7 Å². The predicted molar refractivity (Wildman–Crippen MR) is 72.2 cm³/mol. The molecular formula is C16H20F2O. The summed E-state index contributed by atoms with van der Waals surface area (Å²) in [5.74, 6) is -0.845. The minimum atomic E-state index is -0.880. The van der Waals surface area contributed by atoms with Gasteiger partial charge in [-0.2, -0.15) is 4.39 Å². The van der Waals surface area contributed by atoms with E-state index >= 15 is 0 Å². The van der Waals surface area contributed by atoms with E-state index in [-0.39, 0.29) is 11.7 Å². The summed E-state index contributed by atoms with van der Waals surface area (Å²) in [5, 5.41) is 0. The van der Waals surface area contributed by atoms with Crippen LogP contribution in [0.25, 0.3) is 0 Å². The molecular weight excluding hydrogens is 246 g/mol. The zero-order chi connectivity index (χ0) is 13.8. The summed E-state index contributed by atoms with van der Waals surface area (Å²) in [6, 6.07) is 3.18. The van der Waals surface area contributed by atoms with Crippen molar-refractivity contribution in [3.8, 4) is 5.75 Å². The first-order valence-corrected chi connectivity index (χ1v) is 6.89. The third kappa shape index (κ3) is 3.14. The number of benzene rings is 1. The van der Waals surface area contributed by atoms with Gasteiger partial charge in [-0.3, -0.25) is 0 Å². The predicted octanol–water partition coefficient (Wildman–Crippen LogP) is 5.17. The van der Waals surface area contributed by atoms with E-state index in [0.29, 0.717) is 11.5 Å². The molecule has 0 bridgehead atoms. The Labute approximate surface area is 113 Å². The molecule has 0 aromatic heterocycles. The van der Waals surface area contributed by atoms with Crippen LogP contribution in [-0.4, -0.2) is 0 Å². The fourth-order valence-electron chi connectivity index (χ4n) is 2.67. The summed E-state index contributed by atoms with van der Waals surface area (Å²) in [5.41, 5.74) is 0.497. The molecule has 0 atom stereocenters. The molecule has 104 valence electrons. The zero-order valence-corrected chi connectivity index (χ0v) is 11.5. The van der Waals surface area contributed by atoms with Gasteiger partial charge in [0.25, 0.3) is 0 Å². The molecule has 0 radical (unpaired) electrons. The molecule has 1 aromatic rings. The van der Waals surface area contributed by atoms with Gasteiger partial charge in [-0.25, -0.2) is 4.39 Å². The van der Waals surface area contributed by atoms with Crippen molar-refractivity contribution in [3.63, 3.8) is 0 Å². The average molecular weight is 266 g/mol. The number of hydrogen-bond donors (Lipinski definition) is 0. The Morgan fingerprint density at radius 1 is 1.11 bits per heavy atom. The van der Waals surface area contributed by atoms with Crippen LogP contribution in [0.2, 0.25) is 0 Å². The van der Waals surface area contributed by atoms with Gasteiger partial charge in [-0.1, -0.05) is 31.9 Å². The Kier molecular flexibility index (Phi) is 4.56. The Bertz CT molecular complexity index is 460. The Balaban J connectivity index is 2.20. The maximum Gasteiger partial charge on any atom is 0.201 e. The van der Waals surface area contributed by atoms with Crippen LogP contribution >= 0.6 is 0 Å². The molecule has 1 aromatic carbocycles. The van der Waals surface area contributed by atoms with E-state index in [0.717, 1.165) is 25.7 Å². The molecule has 1 fully saturated rings. The molecule has 1 nitrogen and oxygen atoms in total. The quantitative estimate of drug-likeness (QED) is 0.686. The normalized spacial score (nSPS) is 23.8. The van der Waals surface area contributed by atoms with Crippen LogP contribution in [0.4, 0.5) is 8.78 Å². The third-order valence-electron chi connectivity index (χ3n) is 3.86. The minimum absolute atomic E-state index is 0.0523. The molecule has 1 saturated carbocycles. The van der Waals surface area contributed by atoms with Gasteiger partial charge in [0.2, 0.25) is 5.82 Å². The summed E-state index contributed by atoms with van der Waals surface area (Å²) < 4.78 is 33.0. The first-order valence-electron chi connectivity index (χ1n) is 6.89. The molecule has 19 heavy (non-hydrogen) atoms. The van der Waals surface area contributed by atoms with Crippen molar-refractivity contribution in [2.24, 2.45) is 5.92 Å². The molecule has 0 aliphatic heterocycles. The van der Waals surface area contributed by atoms with Gasteiger partial charge in [-0.05, 0) is 43.2 Å². The van der Waals surface area contributed by atoms with E-state index in [4.69, 9.17) is 4.74 Å². The lowest BCUT2D eigenvalue weighted by Gasteiger charge is -2.26. The second-order valence-corrected chi connectivity index (χ2v) is 5.32. The molecule has 2 rings (SSSR count). The van der Waals surface area contributed by atoms with Crippen LogP contribution < -0.4 is 4.74 Å². The van der Waals surface area contributed by atoms with Crippen molar-refractivity contribution >= 4 is 0 Å². The lowest BCUT2D eigenvalue weighted by molar-refractivity contribution is 0.336. The van der Waals surface area contributed by atoms with Gasteiger partial charge < -0.3 is 4.74 Å². The lowest BCUT2D eigenvalue weighted by atomic mass is 9.79. The van der Waals surface area contributed by atoms with Gasteiger partial charge in [0.05, 0.1) is 6.26 Å². The highest BCUT2D eigenvalue weighted by Gasteiger charge is 2.24. The molecule has 0 N–H and O–H groups in total.